The average Bonchev–Trinajstić information content (AvgIpc) is 2.88. The van der Waals surface area contributed by atoms with Crippen LogP contribution >= 0.6 is 0 Å². The maximum atomic E-state index is 12.8. The first kappa shape index (κ1) is 20.6. The van der Waals surface area contributed by atoms with E-state index in [-0.39, 0.29) is 12.5 Å². The fourth-order valence-corrected chi connectivity index (χ4v) is 4.61. The minimum Gasteiger partial charge on any atom is -0.481 e. The highest BCUT2D eigenvalue weighted by Gasteiger charge is 2.22. The minimum absolute atomic E-state index is 0.0295. The summed E-state index contributed by atoms with van der Waals surface area (Å²) >= 11 is 0. The van der Waals surface area contributed by atoms with E-state index in [2.05, 4.69) is 46.2 Å². The number of fused-ring (bicyclic) bond motifs is 1. The number of hydrogen-bond acceptors (Lipinski definition) is 5. The number of piperazine rings is 1. The molecule has 0 bridgehead atoms. The van der Waals surface area contributed by atoms with E-state index < -0.39 is 0 Å². The van der Waals surface area contributed by atoms with Crippen LogP contribution in [0.3, 0.4) is 0 Å². The summed E-state index contributed by atoms with van der Waals surface area (Å²) in [6, 6.07) is 20.5. The molecular weight excluding hydrogens is 400 g/mol. The van der Waals surface area contributed by atoms with E-state index in [0.29, 0.717) is 18.8 Å². The lowest BCUT2D eigenvalue weighted by Crippen LogP contribution is -2.50. The van der Waals surface area contributed by atoms with Crippen LogP contribution in [0.2, 0.25) is 0 Å². The van der Waals surface area contributed by atoms with Crippen molar-refractivity contribution in [1.29, 1.82) is 0 Å². The Kier molecular flexibility index (Phi) is 6.10. The fraction of sp³-hybridized carbons (Fsp3) is 0.385. The Morgan fingerprint density at radius 2 is 1.56 bits per heavy atom. The molecule has 0 unspecified atom stereocenters. The highest BCUT2D eigenvalue weighted by molar-refractivity contribution is 5.86. The lowest BCUT2D eigenvalue weighted by molar-refractivity contribution is -0.133. The van der Waals surface area contributed by atoms with Crippen LogP contribution in [0.1, 0.15) is 19.3 Å². The van der Waals surface area contributed by atoms with Gasteiger partial charge in [-0.25, -0.2) is 4.98 Å². The number of hydrogen-bond donors (Lipinski definition) is 0. The molecule has 2 aliphatic heterocycles. The molecule has 0 atom stereocenters. The van der Waals surface area contributed by atoms with Crippen molar-refractivity contribution in [2.45, 2.75) is 19.3 Å². The maximum Gasteiger partial charge on any atom is 0.260 e. The van der Waals surface area contributed by atoms with Crippen LogP contribution in [0.25, 0.3) is 10.9 Å². The van der Waals surface area contributed by atoms with Crippen LogP contribution in [0.4, 0.5) is 11.5 Å². The van der Waals surface area contributed by atoms with Crippen molar-refractivity contribution in [2.24, 2.45) is 0 Å². The zero-order valence-corrected chi connectivity index (χ0v) is 18.4. The molecule has 0 N–H and O–H groups in total. The Bertz CT molecular complexity index is 1060. The monoisotopic (exact) mass is 430 g/mol. The van der Waals surface area contributed by atoms with E-state index in [1.807, 2.05) is 29.2 Å². The number of carbonyl (C=O) groups is 1. The molecule has 3 aromatic rings. The second kappa shape index (κ2) is 9.47. The summed E-state index contributed by atoms with van der Waals surface area (Å²) in [5.41, 5.74) is 2.04. The predicted molar refractivity (Wildman–Crippen MR) is 129 cm³/mol. The molecule has 2 aliphatic rings. The van der Waals surface area contributed by atoms with Gasteiger partial charge in [0.15, 0.2) is 6.61 Å². The second-order valence-electron chi connectivity index (χ2n) is 8.54. The van der Waals surface area contributed by atoms with Crippen molar-refractivity contribution < 1.29 is 9.53 Å². The van der Waals surface area contributed by atoms with Gasteiger partial charge in [0.2, 0.25) is 0 Å². The minimum atomic E-state index is 0.0295. The Morgan fingerprint density at radius 3 is 2.34 bits per heavy atom. The van der Waals surface area contributed by atoms with Crippen molar-refractivity contribution in [2.75, 3.05) is 55.7 Å². The molecule has 2 aromatic carbocycles. The zero-order chi connectivity index (χ0) is 21.8. The molecule has 6 nitrogen and oxygen atoms in total. The Morgan fingerprint density at radius 1 is 0.781 bits per heavy atom. The summed E-state index contributed by atoms with van der Waals surface area (Å²) in [6.07, 6.45) is 3.72. The SMILES string of the molecule is O=C(COc1cccc2ccc(N3CCCCC3)nc12)N1CCN(c2ccccc2)CC1. The molecule has 1 amide bonds. The summed E-state index contributed by atoms with van der Waals surface area (Å²) in [5, 5.41) is 1.03. The van der Waals surface area contributed by atoms with Gasteiger partial charge in [-0.2, -0.15) is 0 Å². The molecule has 2 saturated heterocycles. The third-order valence-electron chi connectivity index (χ3n) is 6.45. The van der Waals surface area contributed by atoms with E-state index in [1.165, 1.54) is 24.9 Å². The van der Waals surface area contributed by atoms with E-state index in [4.69, 9.17) is 9.72 Å². The molecule has 166 valence electrons. The van der Waals surface area contributed by atoms with Gasteiger partial charge in [-0.15, -0.1) is 0 Å². The highest BCUT2D eigenvalue weighted by atomic mass is 16.5. The molecule has 0 spiro atoms. The smallest absolute Gasteiger partial charge is 0.260 e. The number of anilines is 2. The Labute approximate surface area is 189 Å². The van der Waals surface area contributed by atoms with Crippen LogP contribution in [0, 0.1) is 0 Å². The van der Waals surface area contributed by atoms with Gasteiger partial charge in [0.25, 0.3) is 5.91 Å². The Hall–Kier alpha value is -3.28. The number of rotatable bonds is 5. The molecule has 32 heavy (non-hydrogen) atoms. The van der Waals surface area contributed by atoms with Crippen LogP contribution in [0.5, 0.6) is 5.75 Å². The molecule has 0 aliphatic carbocycles. The first-order valence-corrected chi connectivity index (χ1v) is 11.6. The third kappa shape index (κ3) is 4.49. The summed E-state index contributed by atoms with van der Waals surface area (Å²) in [5.74, 6) is 1.70. The number of ether oxygens (including phenoxy) is 1. The molecule has 0 radical (unpaired) electrons. The fourth-order valence-electron chi connectivity index (χ4n) is 4.61. The predicted octanol–water partition coefficient (Wildman–Crippen LogP) is 3.95. The quantitative estimate of drug-likeness (QED) is 0.613. The van der Waals surface area contributed by atoms with Crippen LogP contribution < -0.4 is 14.5 Å². The van der Waals surface area contributed by atoms with Crippen molar-refractivity contribution in [1.82, 2.24) is 9.88 Å². The molecule has 6 heteroatoms. The third-order valence-corrected chi connectivity index (χ3v) is 6.45. The molecule has 5 rings (SSSR count). The van der Waals surface area contributed by atoms with E-state index in [9.17, 15) is 4.79 Å². The number of para-hydroxylation sites is 2. The van der Waals surface area contributed by atoms with E-state index in [0.717, 1.165) is 42.9 Å². The maximum absolute atomic E-state index is 12.8. The van der Waals surface area contributed by atoms with Crippen LogP contribution in [-0.2, 0) is 4.79 Å². The van der Waals surface area contributed by atoms with Gasteiger partial charge in [0, 0.05) is 50.3 Å². The summed E-state index contributed by atoms with van der Waals surface area (Å²) < 4.78 is 6.00. The molecule has 3 heterocycles. The number of aromatic nitrogens is 1. The highest BCUT2D eigenvalue weighted by Crippen LogP contribution is 2.28. The van der Waals surface area contributed by atoms with Crippen LogP contribution in [0.15, 0.2) is 60.7 Å². The lowest BCUT2D eigenvalue weighted by atomic mass is 10.1. The number of carbonyl (C=O) groups excluding carboxylic acids is 1. The summed E-state index contributed by atoms with van der Waals surface area (Å²) in [7, 11) is 0. The van der Waals surface area contributed by atoms with Gasteiger partial charge in [-0.1, -0.05) is 30.3 Å². The van der Waals surface area contributed by atoms with Gasteiger partial charge in [-0.05, 0) is 49.6 Å². The van der Waals surface area contributed by atoms with Gasteiger partial charge in [0.1, 0.15) is 17.1 Å². The van der Waals surface area contributed by atoms with E-state index >= 15 is 0 Å². The summed E-state index contributed by atoms with van der Waals surface area (Å²) in [6.45, 7) is 5.24. The first-order valence-electron chi connectivity index (χ1n) is 11.6. The van der Waals surface area contributed by atoms with Gasteiger partial charge in [0.05, 0.1) is 0 Å². The summed E-state index contributed by atoms with van der Waals surface area (Å²) in [4.78, 5) is 24.3. The van der Waals surface area contributed by atoms with Gasteiger partial charge in [-0.3, -0.25) is 4.79 Å². The lowest BCUT2D eigenvalue weighted by Gasteiger charge is -2.36. The van der Waals surface area contributed by atoms with Crippen molar-refractivity contribution in [3.05, 3.63) is 60.7 Å². The molecule has 2 fully saturated rings. The number of pyridine rings is 1. The standard InChI is InChI=1S/C26H30N4O2/c31-25(30-18-16-28(17-19-30)22-9-3-1-4-10-22)20-32-23-11-7-8-21-12-13-24(27-26(21)23)29-14-5-2-6-15-29/h1,3-4,7-13H,2,5-6,14-20H2. The van der Waals surface area contributed by atoms with Crippen molar-refractivity contribution in [3.63, 3.8) is 0 Å². The first-order chi connectivity index (χ1) is 15.8. The normalized spacial score (nSPS) is 16.9. The van der Waals surface area contributed by atoms with Crippen molar-refractivity contribution >= 4 is 28.3 Å². The molecular formula is C26H30N4O2. The number of piperidine rings is 1. The topological polar surface area (TPSA) is 48.9 Å². The van der Waals surface area contributed by atoms with Crippen molar-refractivity contribution in [3.8, 4) is 5.75 Å². The Balaban J connectivity index is 1.22. The molecule has 1 aromatic heterocycles. The zero-order valence-electron chi connectivity index (χ0n) is 18.4. The largest absolute Gasteiger partial charge is 0.481 e. The number of benzene rings is 2. The molecule has 0 saturated carbocycles. The average molecular weight is 431 g/mol. The number of nitrogens with zero attached hydrogens (tertiary/aromatic N) is 4. The van der Waals surface area contributed by atoms with E-state index in [1.54, 1.807) is 0 Å². The van der Waals surface area contributed by atoms with Gasteiger partial charge < -0.3 is 19.4 Å². The van der Waals surface area contributed by atoms with Crippen LogP contribution in [-0.4, -0.2) is 61.7 Å². The second-order valence-corrected chi connectivity index (χ2v) is 8.54. The number of amides is 1. The van der Waals surface area contributed by atoms with Gasteiger partial charge >= 0.3 is 0 Å².